The van der Waals surface area contributed by atoms with E-state index < -0.39 is 11.5 Å². The summed E-state index contributed by atoms with van der Waals surface area (Å²) in [7, 11) is 2.73. The molecule has 0 aliphatic carbocycles. The SMILES string of the molecule is COc1c(C(=O)/C=C/c2cc(O)cc(O)c2)c(O)c(OC)c2occc12. The number of allylic oxidation sites excluding steroid dienone is 1. The lowest BCUT2D eigenvalue weighted by atomic mass is 10.0. The van der Waals surface area contributed by atoms with Crippen molar-refractivity contribution in [3.05, 3.63) is 47.7 Å². The Kier molecular flexibility index (Phi) is 4.45. The molecule has 0 saturated heterocycles. The van der Waals surface area contributed by atoms with Gasteiger partial charge in [0.05, 0.1) is 25.9 Å². The number of ether oxygens (including phenoxy) is 2. The van der Waals surface area contributed by atoms with Crippen LogP contribution in [0.15, 0.2) is 41.0 Å². The van der Waals surface area contributed by atoms with Crippen molar-refractivity contribution in [3.8, 4) is 28.7 Å². The highest BCUT2D eigenvalue weighted by Crippen LogP contribution is 2.45. The number of benzene rings is 2. The highest BCUT2D eigenvalue weighted by Gasteiger charge is 2.26. The summed E-state index contributed by atoms with van der Waals surface area (Å²) in [5, 5.41) is 30.0. The van der Waals surface area contributed by atoms with E-state index in [1.807, 2.05) is 0 Å². The molecule has 3 rings (SSSR count). The minimum atomic E-state index is -0.552. The topological polar surface area (TPSA) is 109 Å². The Morgan fingerprint density at radius 3 is 2.31 bits per heavy atom. The quantitative estimate of drug-likeness (QED) is 0.474. The fourth-order valence-corrected chi connectivity index (χ4v) is 2.73. The molecule has 0 saturated carbocycles. The number of ketones is 1. The van der Waals surface area contributed by atoms with Gasteiger partial charge in [0.2, 0.25) is 5.75 Å². The minimum Gasteiger partial charge on any atom is -0.508 e. The predicted molar refractivity (Wildman–Crippen MR) is 94.1 cm³/mol. The summed E-state index contributed by atoms with van der Waals surface area (Å²) in [5.41, 5.74) is 0.588. The van der Waals surface area contributed by atoms with Crippen LogP contribution in [0.1, 0.15) is 15.9 Å². The Balaban J connectivity index is 2.10. The van der Waals surface area contributed by atoms with Crippen molar-refractivity contribution in [2.75, 3.05) is 14.2 Å². The summed E-state index contributed by atoms with van der Waals surface area (Å²) >= 11 is 0. The van der Waals surface area contributed by atoms with Crippen molar-refractivity contribution in [1.82, 2.24) is 0 Å². The van der Waals surface area contributed by atoms with E-state index in [1.54, 1.807) is 6.07 Å². The molecule has 0 fully saturated rings. The van der Waals surface area contributed by atoms with Gasteiger partial charge in [-0.05, 0) is 29.8 Å². The molecule has 7 nitrogen and oxygen atoms in total. The number of fused-ring (bicyclic) bond motifs is 1. The maximum atomic E-state index is 12.7. The Labute approximate surface area is 148 Å². The lowest BCUT2D eigenvalue weighted by Gasteiger charge is -2.13. The molecule has 7 heteroatoms. The summed E-state index contributed by atoms with van der Waals surface area (Å²) in [6, 6.07) is 5.52. The zero-order valence-corrected chi connectivity index (χ0v) is 14.0. The molecule has 0 unspecified atom stereocenters. The van der Waals surface area contributed by atoms with Gasteiger partial charge in [-0.1, -0.05) is 6.08 Å². The number of phenols is 3. The van der Waals surface area contributed by atoms with Crippen LogP contribution in [0.5, 0.6) is 28.7 Å². The molecule has 134 valence electrons. The van der Waals surface area contributed by atoms with Crippen molar-refractivity contribution in [3.63, 3.8) is 0 Å². The van der Waals surface area contributed by atoms with Gasteiger partial charge in [0.15, 0.2) is 17.1 Å². The molecule has 0 aliphatic heterocycles. The van der Waals surface area contributed by atoms with Crippen molar-refractivity contribution in [2.45, 2.75) is 0 Å². The van der Waals surface area contributed by atoms with Gasteiger partial charge in [-0.3, -0.25) is 4.79 Å². The van der Waals surface area contributed by atoms with E-state index in [1.165, 1.54) is 50.8 Å². The third-order valence-electron chi connectivity index (χ3n) is 3.80. The van der Waals surface area contributed by atoms with Gasteiger partial charge in [-0.2, -0.15) is 0 Å². The highest BCUT2D eigenvalue weighted by molar-refractivity contribution is 6.15. The molecule has 0 radical (unpaired) electrons. The van der Waals surface area contributed by atoms with Crippen molar-refractivity contribution < 1.29 is 34.0 Å². The number of carbonyl (C=O) groups is 1. The molecule has 0 spiro atoms. The molecule has 0 atom stereocenters. The van der Waals surface area contributed by atoms with E-state index in [9.17, 15) is 20.1 Å². The molecule has 26 heavy (non-hydrogen) atoms. The highest BCUT2D eigenvalue weighted by atomic mass is 16.5. The average Bonchev–Trinajstić information content (AvgIpc) is 3.07. The second-order valence-corrected chi connectivity index (χ2v) is 5.43. The minimum absolute atomic E-state index is 0.0255. The van der Waals surface area contributed by atoms with Crippen LogP contribution >= 0.6 is 0 Å². The molecule has 1 aromatic heterocycles. The second kappa shape index (κ2) is 6.72. The summed E-state index contributed by atoms with van der Waals surface area (Å²) < 4.78 is 15.8. The van der Waals surface area contributed by atoms with Gasteiger partial charge in [-0.15, -0.1) is 0 Å². The molecule has 3 N–H and O–H groups in total. The van der Waals surface area contributed by atoms with Crippen LogP contribution in [0.3, 0.4) is 0 Å². The van der Waals surface area contributed by atoms with E-state index >= 15 is 0 Å². The Hall–Kier alpha value is -3.61. The zero-order chi connectivity index (χ0) is 18.8. The number of hydrogen-bond donors (Lipinski definition) is 3. The first-order valence-electron chi connectivity index (χ1n) is 7.55. The van der Waals surface area contributed by atoms with Crippen LogP contribution < -0.4 is 9.47 Å². The number of rotatable bonds is 5. The van der Waals surface area contributed by atoms with Crippen molar-refractivity contribution in [2.24, 2.45) is 0 Å². The van der Waals surface area contributed by atoms with Crippen molar-refractivity contribution >= 4 is 22.8 Å². The van der Waals surface area contributed by atoms with Crippen LogP contribution in [0, 0.1) is 0 Å². The number of hydrogen-bond acceptors (Lipinski definition) is 7. The summed E-state index contributed by atoms with van der Waals surface area (Å²) in [6.45, 7) is 0. The first kappa shape index (κ1) is 17.2. The summed E-state index contributed by atoms with van der Waals surface area (Å²) in [6.07, 6.45) is 3.98. The van der Waals surface area contributed by atoms with Gasteiger partial charge in [0.25, 0.3) is 0 Å². The Bertz CT molecular complexity index is 994. The lowest BCUT2D eigenvalue weighted by molar-refractivity contribution is 0.104. The van der Waals surface area contributed by atoms with Gasteiger partial charge in [0.1, 0.15) is 22.8 Å². The Morgan fingerprint density at radius 2 is 1.69 bits per heavy atom. The molecule has 3 aromatic rings. The van der Waals surface area contributed by atoms with E-state index in [0.29, 0.717) is 10.9 Å². The third-order valence-corrected chi connectivity index (χ3v) is 3.80. The fourth-order valence-electron chi connectivity index (χ4n) is 2.73. The van der Waals surface area contributed by atoms with E-state index in [-0.39, 0.29) is 34.1 Å². The monoisotopic (exact) mass is 356 g/mol. The van der Waals surface area contributed by atoms with Gasteiger partial charge in [0, 0.05) is 6.07 Å². The number of phenolic OH excluding ortho intramolecular Hbond substituents is 3. The van der Waals surface area contributed by atoms with E-state index in [2.05, 4.69) is 0 Å². The molecule has 0 aliphatic rings. The largest absolute Gasteiger partial charge is 0.508 e. The maximum absolute atomic E-state index is 12.7. The third kappa shape index (κ3) is 2.90. The number of aromatic hydroxyl groups is 3. The molecule has 2 aromatic carbocycles. The fraction of sp³-hybridized carbons (Fsp3) is 0.105. The van der Waals surface area contributed by atoms with Gasteiger partial charge < -0.3 is 29.2 Å². The van der Waals surface area contributed by atoms with Gasteiger partial charge >= 0.3 is 0 Å². The van der Waals surface area contributed by atoms with Crippen LogP contribution in [-0.2, 0) is 0 Å². The van der Waals surface area contributed by atoms with Crippen LogP contribution in [-0.4, -0.2) is 35.3 Å². The second-order valence-electron chi connectivity index (χ2n) is 5.43. The number of methoxy groups -OCH3 is 2. The number of carbonyl (C=O) groups excluding carboxylic acids is 1. The standard InChI is InChI=1S/C19H16O7/c1-24-17-13-5-6-26-18(13)19(25-2)16(23)15(17)14(22)4-3-10-7-11(20)9-12(21)8-10/h3-9,20-21,23H,1-2H3/b4-3+. The van der Waals surface area contributed by atoms with E-state index in [0.717, 1.165) is 0 Å². The lowest BCUT2D eigenvalue weighted by Crippen LogP contribution is -2.02. The molecule has 0 amide bonds. The maximum Gasteiger partial charge on any atom is 0.205 e. The van der Waals surface area contributed by atoms with Crippen molar-refractivity contribution in [1.29, 1.82) is 0 Å². The van der Waals surface area contributed by atoms with Crippen LogP contribution in [0.2, 0.25) is 0 Å². The van der Waals surface area contributed by atoms with Crippen LogP contribution in [0.4, 0.5) is 0 Å². The molecule has 1 heterocycles. The first-order valence-corrected chi connectivity index (χ1v) is 7.55. The smallest absolute Gasteiger partial charge is 0.205 e. The zero-order valence-electron chi connectivity index (χ0n) is 14.0. The summed E-state index contributed by atoms with van der Waals surface area (Å²) in [5.74, 6) is -1.06. The average molecular weight is 356 g/mol. The number of furan rings is 1. The molecule has 0 bridgehead atoms. The molecular formula is C19H16O7. The molecular weight excluding hydrogens is 340 g/mol. The first-order chi connectivity index (χ1) is 12.5. The van der Waals surface area contributed by atoms with Gasteiger partial charge in [-0.25, -0.2) is 0 Å². The summed E-state index contributed by atoms with van der Waals surface area (Å²) in [4.78, 5) is 12.7. The van der Waals surface area contributed by atoms with E-state index in [4.69, 9.17) is 13.9 Å². The Morgan fingerprint density at radius 1 is 1.04 bits per heavy atom. The van der Waals surface area contributed by atoms with Crippen LogP contribution in [0.25, 0.3) is 17.0 Å². The predicted octanol–water partition coefficient (Wildman–Crippen LogP) is 3.46. The normalized spacial score (nSPS) is 11.2.